The third-order valence-corrected chi connectivity index (χ3v) is 4.88. The van der Waals surface area contributed by atoms with Gasteiger partial charge in [0, 0.05) is 50.5 Å². The van der Waals surface area contributed by atoms with Gasteiger partial charge in [0.05, 0.1) is 0 Å². The average Bonchev–Trinajstić information content (AvgIpc) is 2.98. The Hall–Kier alpha value is -2.24. The SMILES string of the molecule is C[C@H]1CCN(c2ccc(NC(=O)N[C@H]3CCC(=O)N(C)C3)cc2)C1. The molecule has 0 bridgehead atoms. The zero-order valence-electron chi connectivity index (χ0n) is 14.4. The van der Waals surface area contributed by atoms with Gasteiger partial charge in [0.25, 0.3) is 0 Å². The van der Waals surface area contributed by atoms with Gasteiger partial charge in [-0.05, 0) is 43.0 Å². The van der Waals surface area contributed by atoms with Crippen LogP contribution in [-0.4, -0.2) is 49.6 Å². The lowest BCUT2D eigenvalue weighted by molar-refractivity contribution is -0.132. The first-order chi connectivity index (χ1) is 11.5. The molecule has 0 spiro atoms. The van der Waals surface area contributed by atoms with Gasteiger partial charge >= 0.3 is 6.03 Å². The first-order valence-electron chi connectivity index (χ1n) is 8.68. The van der Waals surface area contributed by atoms with Crippen molar-refractivity contribution in [1.29, 1.82) is 0 Å². The molecule has 1 aromatic rings. The predicted octanol–water partition coefficient (Wildman–Crippen LogP) is 2.28. The molecule has 0 aromatic heterocycles. The molecule has 0 aliphatic carbocycles. The first kappa shape index (κ1) is 16.6. The third-order valence-electron chi connectivity index (χ3n) is 4.88. The molecule has 3 rings (SSSR count). The minimum Gasteiger partial charge on any atom is -0.371 e. The fourth-order valence-corrected chi connectivity index (χ4v) is 3.41. The summed E-state index contributed by atoms with van der Waals surface area (Å²) in [5.74, 6) is 0.884. The summed E-state index contributed by atoms with van der Waals surface area (Å²) in [7, 11) is 1.77. The number of urea groups is 1. The summed E-state index contributed by atoms with van der Waals surface area (Å²) >= 11 is 0. The van der Waals surface area contributed by atoms with Gasteiger partial charge in [0.15, 0.2) is 0 Å². The van der Waals surface area contributed by atoms with Gasteiger partial charge in [0.2, 0.25) is 5.91 Å². The second kappa shape index (κ2) is 7.11. The second-order valence-corrected chi connectivity index (χ2v) is 7.00. The van der Waals surface area contributed by atoms with E-state index in [1.165, 1.54) is 12.1 Å². The highest BCUT2D eigenvalue weighted by Crippen LogP contribution is 2.24. The molecule has 2 heterocycles. The average molecular weight is 330 g/mol. The van der Waals surface area contributed by atoms with E-state index in [0.717, 1.165) is 24.7 Å². The number of hydrogen-bond donors (Lipinski definition) is 2. The van der Waals surface area contributed by atoms with Crippen LogP contribution in [0.4, 0.5) is 16.2 Å². The molecule has 2 atom stereocenters. The molecule has 0 unspecified atom stereocenters. The fraction of sp³-hybridized carbons (Fsp3) is 0.556. The number of carbonyl (C=O) groups excluding carboxylic acids is 2. The molecule has 6 heteroatoms. The smallest absolute Gasteiger partial charge is 0.319 e. The van der Waals surface area contributed by atoms with E-state index in [1.807, 2.05) is 12.1 Å². The van der Waals surface area contributed by atoms with Crippen LogP contribution in [0.15, 0.2) is 24.3 Å². The summed E-state index contributed by atoms with van der Waals surface area (Å²) in [6.07, 6.45) is 2.42. The van der Waals surface area contributed by atoms with E-state index < -0.39 is 0 Å². The van der Waals surface area contributed by atoms with Crippen molar-refractivity contribution < 1.29 is 9.59 Å². The summed E-state index contributed by atoms with van der Waals surface area (Å²) in [6, 6.07) is 7.79. The molecular weight excluding hydrogens is 304 g/mol. The van der Waals surface area contributed by atoms with E-state index in [4.69, 9.17) is 0 Å². The summed E-state index contributed by atoms with van der Waals surface area (Å²) in [5, 5.41) is 5.81. The van der Waals surface area contributed by atoms with E-state index in [1.54, 1.807) is 11.9 Å². The van der Waals surface area contributed by atoms with Crippen LogP contribution >= 0.6 is 0 Å². The van der Waals surface area contributed by atoms with Gasteiger partial charge in [-0.25, -0.2) is 4.79 Å². The van der Waals surface area contributed by atoms with Crippen LogP contribution in [0.2, 0.25) is 0 Å². The maximum absolute atomic E-state index is 12.1. The van der Waals surface area contributed by atoms with E-state index >= 15 is 0 Å². The Kier molecular flexibility index (Phi) is 4.92. The van der Waals surface area contributed by atoms with Gasteiger partial charge in [-0.2, -0.15) is 0 Å². The Morgan fingerprint density at radius 3 is 2.54 bits per heavy atom. The number of nitrogens with zero attached hydrogens (tertiary/aromatic N) is 2. The van der Waals surface area contributed by atoms with Crippen LogP contribution in [0, 0.1) is 5.92 Å². The fourth-order valence-electron chi connectivity index (χ4n) is 3.41. The zero-order valence-corrected chi connectivity index (χ0v) is 14.4. The number of likely N-dealkylation sites (tertiary alicyclic amines) is 1. The molecule has 0 saturated carbocycles. The Balaban J connectivity index is 1.50. The number of rotatable bonds is 3. The van der Waals surface area contributed by atoms with Crippen LogP contribution in [0.25, 0.3) is 0 Å². The van der Waals surface area contributed by atoms with Gasteiger partial charge < -0.3 is 20.4 Å². The van der Waals surface area contributed by atoms with Gasteiger partial charge in [-0.3, -0.25) is 4.79 Å². The molecule has 3 amide bonds. The van der Waals surface area contributed by atoms with Crippen molar-refractivity contribution in [3.05, 3.63) is 24.3 Å². The normalized spacial score (nSPS) is 24.2. The molecule has 130 valence electrons. The standard InChI is InChI=1S/C18H26N4O2/c1-13-9-10-22(11-13)16-6-3-14(4-7-16)19-18(24)20-15-5-8-17(23)21(2)12-15/h3-4,6-7,13,15H,5,8-12H2,1-2H3,(H2,19,20,24)/t13-,15-/m0/s1. The zero-order chi connectivity index (χ0) is 17.1. The molecule has 24 heavy (non-hydrogen) atoms. The summed E-state index contributed by atoms with van der Waals surface area (Å²) in [4.78, 5) is 27.6. The first-order valence-corrected chi connectivity index (χ1v) is 8.68. The molecule has 1 aromatic carbocycles. The number of piperidine rings is 1. The van der Waals surface area contributed by atoms with E-state index in [0.29, 0.717) is 19.4 Å². The van der Waals surface area contributed by atoms with Gasteiger partial charge in [0.1, 0.15) is 0 Å². The quantitative estimate of drug-likeness (QED) is 0.893. The van der Waals surface area contributed by atoms with Crippen LogP contribution in [0.5, 0.6) is 0 Å². The van der Waals surface area contributed by atoms with Crippen molar-refractivity contribution in [3.63, 3.8) is 0 Å². The van der Waals surface area contributed by atoms with Gasteiger partial charge in [-0.1, -0.05) is 6.92 Å². The van der Waals surface area contributed by atoms with Crippen LogP contribution < -0.4 is 15.5 Å². The number of hydrogen-bond acceptors (Lipinski definition) is 3. The molecule has 6 nitrogen and oxygen atoms in total. The van der Waals surface area contributed by atoms with Crippen molar-refractivity contribution in [1.82, 2.24) is 10.2 Å². The summed E-state index contributed by atoms with van der Waals surface area (Å²) in [5.41, 5.74) is 1.99. The maximum Gasteiger partial charge on any atom is 0.319 e. The highest BCUT2D eigenvalue weighted by molar-refractivity contribution is 5.90. The number of carbonyl (C=O) groups is 2. The predicted molar refractivity (Wildman–Crippen MR) is 95.2 cm³/mol. The molecule has 2 aliphatic rings. The highest BCUT2D eigenvalue weighted by Gasteiger charge is 2.24. The lowest BCUT2D eigenvalue weighted by Crippen LogP contribution is -2.49. The van der Waals surface area contributed by atoms with Crippen LogP contribution in [0.3, 0.4) is 0 Å². The Labute approximate surface area is 143 Å². The monoisotopic (exact) mass is 330 g/mol. The number of anilines is 2. The minimum atomic E-state index is -0.217. The molecule has 2 fully saturated rings. The number of likely N-dealkylation sites (N-methyl/N-ethyl adjacent to an activating group) is 1. The van der Waals surface area contributed by atoms with E-state index in [2.05, 4.69) is 34.6 Å². The van der Waals surface area contributed by atoms with Crippen molar-refractivity contribution in [2.75, 3.05) is 36.9 Å². The topological polar surface area (TPSA) is 64.7 Å². The maximum atomic E-state index is 12.1. The van der Waals surface area contributed by atoms with Gasteiger partial charge in [-0.15, -0.1) is 0 Å². The second-order valence-electron chi connectivity index (χ2n) is 7.00. The van der Waals surface area contributed by atoms with Crippen LogP contribution in [-0.2, 0) is 4.79 Å². The molecule has 2 saturated heterocycles. The van der Waals surface area contributed by atoms with Crippen molar-refractivity contribution >= 4 is 23.3 Å². The summed E-state index contributed by atoms with van der Waals surface area (Å²) < 4.78 is 0. The van der Waals surface area contributed by atoms with E-state index in [-0.39, 0.29) is 18.0 Å². The largest absolute Gasteiger partial charge is 0.371 e. The van der Waals surface area contributed by atoms with Crippen molar-refractivity contribution in [2.45, 2.75) is 32.2 Å². The number of nitrogens with one attached hydrogen (secondary N) is 2. The Bertz CT molecular complexity index is 602. The number of benzene rings is 1. The molecule has 0 radical (unpaired) electrons. The Morgan fingerprint density at radius 2 is 1.92 bits per heavy atom. The molecule has 2 aliphatic heterocycles. The van der Waals surface area contributed by atoms with Crippen molar-refractivity contribution in [3.8, 4) is 0 Å². The number of amides is 3. The van der Waals surface area contributed by atoms with Crippen LogP contribution in [0.1, 0.15) is 26.2 Å². The molecule has 2 N–H and O–H groups in total. The van der Waals surface area contributed by atoms with Crippen molar-refractivity contribution in [2.24, 2.45) is 5.92 Å². The molecular formula is C18H26N4O2. The summed E-state index contributed by atoms with van der Waals surface area (Å²) in [6.45, 7) is 5.04. The van der Waals surface area contributed by atoms with E-state index in [9.17, 15) is 9.59 Å². The Morgan fingerprint density at radius 1 is 1.17 bits per heavy atom. The lowest BCUT2D eigenvalue weighted by atomic mass is 10.1. The lowest BCUT2D eigenvalue weighted by Gasteiger charge is -2.30. The minimum absolute atomic E-state index is 0.0121. The third kappa shape index (κ3) is 3.99. The highest BCUT2D eigenvalue weighted by atomic mass is 16.2.